The van der Waals surface area contributed by atoms with Gasteiger partial charge in [-0.3, -0.25) is 4.79 Å². The normalized spacial score (nSPS) is 23.6. The van der Waals surface area contributed by atoms with Crippen molar-refractivity contribution in [3.8, 4) is 6.07 Å². The van der Waals surface area contributed by atoms with Crippen LogP contribution in [0, 0.1) is 11.3 Å². The van der Waals surface area contributed by atoms with Gasteiger partial charge in [0.1, 0.15) is 6.04 Å². The van der Waals surface area contributed by atoms with Crippen LogP contribution in [-0.4, -0.2) is 34.9 Å². The molecule has 0 aromatic heterocycles. The van der Waals surface area contributed by atoms with Crippen LogP contribution in [0.25, 0.3) is 0 Å². The van der Waals surface area contributed by atoms with Gasteiger partial charge < -0.3 is 4.90 Å². The smallest absolute Gasteiger partial charge is 0.236 e. The van der Waals surface area contributed by atoms with Crippen molar-refractivity contribution in [2.24, 2.45) is 0 Å². The highest BCUT2D eigenvalue weighted by molar-refractivity contribution is 8.00. The molecular formula is C9H14N2OS. The van der Waals surface area contributed by atoms with E-state index in [2.05, 4.69) is 6.07 Å². The van der Waals surface area contributed by atoms with Crippen LogP contribution in [0.1, 0.15) is 19.8 Å². The number of carbonyl (C=O) groups is 1. The van der Waals surface area contributed by atoms with Crippen molar-refractivity contribution in [2.75, 3.05) is 12.8 Å². The summed E-state index contributed by atoms with van der Waals surface area (Å²) in [6, 6.07) is 1.75. The molecule has 1 saturated heterocycles. The highest BCUT2D eigenvalue weighted by Crippen LogP contribution is 2.27. The molecule has 1 rings (SSSR count). The molecular weight excluding hydrogens is 184 g/mol. The molecule has 1 aliphatic rings. The average Bonchev–Trinajstić information content (AvgIpc) is 2.67. The van der Waals surface area contributed by atoms with Crippen molar-refractivity contribution in [1.29, 1.82) is 5.26 Å². The van der Waals surface area contributed by atoms with Crippen LogP contribution in [-0.2, 0) is 4.79 Å². The third kappa shape index (κ3) is 2.38. The summed E-state index contributed by atoms with van der Waals surface area (Å²) in [7, 11) is 1.70. The van der Waals surface area contributed by atoms with E-state index in [4.69, 9.17) is 5.26 Å². The van der Waals surface area contributed by atoms with Gasteiger partial charge in [0.25, 0.3) is 0 Å². The van der Waals surface area contributed by atoms with E-state index in [1.165, 1.54) is 0 Å². The summed E-state index contributed by atoms with van der Waals surface area (Å²) < 4.78 is 0. The molecule has 72 valence electrons. The van der Waals surface area contributed by atoms with Gasteiger partial charge in [-0.2, -0.15) is 5.26 Å². The van der Waals surface area contributed by atoms with Gasteiger partial charge in [-0.05, 0) is 25.5 Å². The second kappa shape index (κ2) is 4.52. The Labute approximate surface area is 83.1 Å². The summed E-state index contributed by atoms with van der Waals surface area (Å²) in [6.45, 7) is 1.75. The van der Waals surface area contributed by atoms with Crippen molar-refractivity contribution >= 4 is 17.7 Å². The van der Waals surface area contributed by atoms with E-state index in [1.54, 1.807) is 30.6 Å². The van der Waals surface area contributed by atoms with Gasteiger partial charge in [0.15, 0.2) is 0 Å². The van der Waals surface area contributed by atoms with Gasteiger partial charge in [0, 0.05) is 7.05 Å². The summed E-state index contributed by atoms with van der Waals surface area (Å²) in [5.74, 6) is 1.18. The summed E-state index contributed by atoms with van der Waals surface area (Å²) in [4.78, 5) is 13.2. The number of hydrogen-bond donors (Lipinski definition) is 0. The highest BCUT2D eigenvalue weighted by Gasteiger charge is 2.27. The number of nitrogens with zero attached hydrogens (tertiary/aromatic N) is 2. The minimum Gasteiger partial charge on any atom is -0.329 e. The second-order valence-corrected chi connectivity index (χ2v) is 4.57. The Bertz CT molecular complexity index is 230. The molecule has 0 spiro atoms. The van der Waals surface area contributed by atoms with Gasteiger partial charge >= 0.3 is 0 Å². The lowest BCUT2D eigenvalue weighted by atomic mass is 10.2. The predicted molar refractivity (Wildman–Crippen MR) is 53.3 cm³/mol. The molecule has 1 heterocycles. The Balaban J connectivity index is 2.51. The van der Waals surface area contributed by atoms with Crippen LogP contribution in [0.2, 0.25) is 0 Å². The van der Waals surface area contributed by atoms with Gasteiger partial charge in [-0.25, -0.2) is 0 Å². The van der Waals surface area contributed by atoms with E-state index in [-0.39, 0.29) is 17.2 Å². The number of hydrogen-bond acceptors (Lipinski definition) is 3. The largest absolute Gasteiger partial charge is 0.329 e. The van der Waals surface area contributed by atoms with Gasteiger partial charge in [-0.15, -0.1) is 11.8 Å². The van der Waals surface area contributed by atoms with Gasteiger partial charge in [-0.1, -0.05) is 0 Å². The summed E-state index contributed by atoms with van der Waals surface area (Å²) in [5, 5.41) is 8.74. The Morgan fingerprint density at radius 2 is 2.46 bits per heavy atom. The van der Waals surface area contributed by atoms with E-state index in [1.807, 2.05) is 0 Å². The minimum atomic E-state index is -0.311. The first-order valence-electron chi connectivity index (χ1n) is 4.44. The number of carbonyl (C=O) groups excluding carboxylic acids is 1. The van der Waals surface area contributed by atoms with Crippen LogP contribution in [0.5, 0.6) is 0 Å². The van der Waals surface area contributed by atoms with E-state index >= 15 is 0 Å². The Hall–Kier alpha value is -0.690. The van der Waals surface area contributed by atoms with Crippen molar-refractivity contribution < 1.29 is 4.79 Å². The maximum absolute atomic E-state index is 11.7. The monoisotopic (exact) mass is 198 g/mol. The SMILES string of the molecule is CC(C#N)N(C)C(=O)C1CCCS1. The number of amides is 1. The van der Waals surface area contributed by atoms with Gasteiger partial charge in [0.2, 0.25) is 5.91 Å². The Morgan fingerprint density at radius 1 is 1.77 bits per heavy atom. The van der Waals surface area contributed by atoms with Crippen molar-refractivity contribution in [2.45, 2.75) is 31.1 Å². The molecule has 0 radical (unpaired) electrons. The van der Waals surface area contributed by atoms with Gasteiger partial charge in [0.05, 0.1) is 11.3 Å². The number of rotatable bonds is 2. The zero-order valence-corrected chi connectivity index (χ0v) is 8.80. The lowest BCUT2D eigenvalue weighted by Crippen LogP contribution is -2.39. The van der Waals surface area contributed by atoms with Crippen LogP contribution < -0.4 is 0 Å². The lowest BCUT2D eigenvalue weighted by molar-refractivity contribution is -0.130. The zero-order valence-electron chi connectivity index (χ0n) is 7.99. The molecule has 2 atom stereocenters. The molecule has 0 saturated carbocycles. The van der Waals surface area contributed by atoms with E-state index in [0.717, 1.165) is 18.6 Å². The Morgan fingerprint density at radius 3 is 2.92 bits per heavy atom. The first-order valence-corrected chi connectivity index (χ1v) is 5.49. The predicted octanol–water partition coefficient (Wildman–Crippen LogP) is 1.25. The fourth-order valence-electron chi connectivity index (χ4n) is 1.28. The van der Waals surface area contributed by atoms with E-state index < -0.39 is 0 Å². The average molecular weight is 198 g/mol. The molecule has 1 fully saturated rings. The first-order chi connectivity index (χ1) is 6.16. The fraction of sp³-hybridized carbons (Fsp3) is 0.778. The van der Waals surface area contributed by atoms with E-state index in [9.17, 15) is 4.79 Å². The van der Waals surface area contributed by atoms with Crippen LogP contribution in [0.15, 0.2) is 0 Å². The molecule has 0 bridgehead atoms. The molecule has 0 aromatic carbocycles. The lowest BCUT2D eigenvalue weighted by Gasteiger charge is -2.22. The van der Waals surface area contributed by atoms with Crippen molar-refractivity contribution in [1.82, 2.24) is 4.90 Å². The molecule has 1 amide bonds. The molecule has 3 nitrogen and oxygen atoms in total. The molecule has 4 heteroatoms. The summed E-state index contributed by atoms with van der Waals surface area (Å²) in [5.41, 5.74) is 0. The van der Waals surface area contributed by atoms with Crippen LogP contribution >= 0.6 is 11.8 Å². The molecule has 13 heavy (non-hydrogen) atoms. The first kappa shape index (κ1) is 10.4. The quantitative estimate of drug-likeness (QED) is 0.671. The topological polar surface area (TPSA) is 44.1 Å². The maximum Gasteiger partial charge on any atom is 0.236 e. The van der Waals surface area contributed by atoms with Crippen molar-refractivity contribution in [3.05, 3.63) is 0 Å². The Kier molecular flexibility index (Phi) is 3.61. The highest BCUT2D eigenvalue weighted by atomic mass is 32.2. The van der Waals surface area contributed by atoms with Crippen molar-refractivity contribution in [3.63, 3.8) is 0 Å². The molecule has 0 aromatic rings. The summed E-state index contributed by atoms with van der Waals surface area (Å²) in [6.07, 6.45) is 2.09. The van der Waals surface area contributed by atoms with E-state index in [0.29, 0.717) is 0 Å². The second-order valence-electron chi connectivity index (χ2n) is 3.26. The third-order valence-electron chi connectivity index (χ3n) is 2.32. The maximum atomic E-state index is 11.7. The number of nitriles is 1. The molecule has 0 aliphatic carbocycles. The fourth-order valence-corrected chi connectivity index (χ4v) is 2.54. The molecule has 2 unspecified atom stereocenters. The summed E-state index contributed by atoms with van der Waals surface area (Å²) >= 11 is 1.71. The molecule has 0 N–H and O–H groups in total. The number of thioether (sulfide) groups is 1. The zero-order chi connectivity index (χ0) is 9.84. The minimum absolute atomic E-state index is 0.0980. The third-order valence-corrected chi connectivity index (χ3v) is 3.68. The molecule has 1 aliphatic heterocycles. The van der Waals surface area contributed by atoms with Crippen LogP contribution in [0.4, 0.5) is 0 Å². The van der Waals surface area contributed by atoms with Crippen LogP contribution in [0.3, 0.4) is 0 Å². The standard InChI is InChI=1S/C9H14N2OS/c1-7(6-10)11(2)9(12)8-4-3-5-13-8/h7-8H,3-5H2,1-2H3.